The second kappa shape index (κ2) is 11.4. The Balaban J connectivity index is 1.28. The van der Waals surface area contributed by atoms with Gasteiger partial charge in [-0.2, -0.15) is 0 Å². The summed E-state index contributed by atoms with van der Waals surface area (Å²) in [6, 6.07) is 22.7. The number of benzene rings is 3. The number of nitrogens with one attached hydrogen (secondary N) is 2. The first-order chi connectivity index (χ1) is 16.5. The topological polar surface area (TPSA) is 53.6 Å². The zero-order valence-electron chi connectivity index (χ0n) is 19.1. The van der Waals surface area contributed by atoms with Crippen LogP contribution in [0.2, 0.25) is 5.02 Å². The Kier molecular flexibility index (Phi) is 8.03. The fourth-order valence-electron chi connectivity index (χ4n) is 3.87. The van der Waals surface area contributed by atoms with Crippen molar-refractivity contribution in [3.8, 4) is 5.75 Å². The van der Waals surface area contributed by atoms with Crippen LogP contribution >= 0.6 is 23.8 Å². The zero-order chi connectivity index (χ0) is 23.9. The van der Waals surface area contributed by atoms with E-state index in [-0.39, 0.29) is 11.0 Å². The van der Waals surface area contributed by atoms with E-state index in [1.165, 1.54) is 12.8 Å². The lowest BCUT2D eigenvalue weighted by Crippen LogP contribution is -2.34. The predicted molar refractivity (Wildman–Crippen MR) is 143 cm³/mol. The molecule has 0 bridgehead atoms. The van der Waals surface area contributed by atoms with Gasteiger partial charge in [0, 0.05) is 24.3 Å². The van der Waals surface area contributed by atoms with Gasteiger partial charge in [-0.15, -0.1) is 0 Å². The van der Waals surface area contributed by atoms with Crippen molar-refractivity contribution in [2.45, 2.75) is 26.4 Å². The van der Waals surface area contributed by atoms with Crippen LogP contribution in [0.4, 0.5) is 11.4 Å². The second-order valence-electron chi connectivity index (χ2n) is 8.54. The van der Waals surface area contributed by atoms with Crippen LogP contribution in [0.3, 0.4) is 0 Å². The third-order valence-electron chi connectivity index (χ3n) is 5.92. The lowest BCUT2D eigenvalue weighted by atomic mass is 9.99. The Hall–Kier alpha value is -3.09. The third kappa shape index (κ3) is 6.49. The molecule has 0 radical (unpaired) electrons. The van der Waals surface area contributed by atoms with E-state index in [1.807, 2.05) is 48.5 Å². The molecule has 0 spiro atoms. The molecule has 0 aliphatic carbocycles. The summed E-state index contributed by atoms with van der Waals surface area (Å²) in [4.78, 5) is 14.9. The summed E-state index contributed by atoms with van der Waals surface area (Å²) >= 11 is 11.9. The standard InChI is InChI=1S/C27H28ClN3O2S/c1-19-13-15-31(16-14-19)25-12-9-22(17-24(25)28)29-27(34)30-26(32)21-7-10-23(11-8-21)33-18-20-5-3-2-4-6-20/h2-12,17,19H,13-16,18H2,1H3,(H2,29,30,32,34). The van der Waals surface area contributed by atoms with Crippen molar-refractivity contribution >= 4 is 46.2 Å². The number of ether oxygens (including phenoxy) is 1. The molecule has 7 heteroatoms. The highest BCUT2D eigenvalue weighted by Gasteiger charge is 2.18. The first-order valence-corrected chi connectivity index (χ1v) is 12.2. The largest absolute Gasteiger partial charge is 0.489 e. The van der Waals surface area contributed by atoms with E-state index in [2.05, 4.69) is 22.5 Å². The lowest BCUT2D eigenvalue weighted by molar-refractivity contribution is 0.0977. The molecule has 0 aromatic heterocycles. The molecule has 4 rings (SSSR count). The predicted octanol–water partition coefficient (Wildman–Crippen LogP) is 6.28. The van der Waals surface area contributed by atoms with Gasteiger partial charge in [-0.25, -0.2) is 0 Å². The van der Waals surface area contributed by atoms with Crippen molar-refractivity contribution in [3.63, 3.8) is 0 Å². The van der Waals surface area contributed by atoms with Gasteiger partial charge in [-0.05, 0) is 79.0 Å². The number of halogens is 1. The van der Waals surface area contributed by atoms with E-state index in [4.69, 9.17) is 28.6 Å². The minimum Gasteiger partial charge on any atom is -0.489 e. The fourth-order valence-corrected chi connectivity index (χ4v) is 4.38. The number of thiocarbonyl (C=S) groups is 1. The van der Waals surface area contributed by atoms with E-state index in [1.54, 1.807) is 24.3 Å². The minimum absolute atomic E-state index is 0.213. The maximum absolute atomic E-state index is 12.6. The van der Waals surface area contributed by atoms with Gasteiger partial charge < -0.3 is 15.0 Å². The summed E-state index contributed by atoms with van der Waals surface area (Å²) in [5, 5.41) is 6.63. The van der Waals surface area contributed by atoms with Gasteiger partial charge in [0.15, 0.2) is 5.11 Å². The monoisotopic (exact) mass is 493 g/mol. The summed E-state index contributed by atoms with van der Waals surface area (Å²) in [7, 11) is 0. The normalized spacial score (nSPS) is 13.9. The summed E-state index contributed by atoms with van der Waals surface area (Å²) in [5.74, 6) is 1.16. The smallest absolute Gasteiger partial charge is 0.257 e. The van der Waals surface area contributed by atoms with Crippen molar-refractivity contribution in [2.75, 3.05) is 23.3 Å². The molecule has 0 atom stereocenters. The van der Waals surface area contributed by atoms with Gasteiger partial charge in [0.05, 0.1) is 10.7 Å². The number of anilines is 2. The van der Waals surface area contributed by atoms with Crippen molar-refractivity contribution in [1.82, 2.24) is 5.32 Å². The van der Waals surface area contributed by atoms with Crippen LogP contribution in [0, 0.1) is 5.92 Å². The van der Waals surface area contributed by atoms with Crippen LogP contribution in [-0.4, -0.2) is 24.1 Å². The van der Waals surface area contributed by atoms with Crippen LogP contribution in [0.25, 0.3) is 0 Å². The van der Waals surface area contributed by atoms with E-state index in [0.29, 0.717) is 22.9 Å². The van der Waals surface area contributed by atoms with Crippen LogP contribution in [0.15, 0.2) is 72.8 Å². The van der Waals surface area contributed by atoms with Crippen molar-refractivity contribution in [2.24, 2.45) is 5.92 Å². The Bertz CT molecular complexity index is 1130. The van der Waals surface area contributed by atoms with E-state index >= 15 is 0 Å². The number of piperidine rings is 1. The Morgan fingerprint density at radius 1 is 1.06 bits per heavy atom. The lowest BCUT2D eigenvalue weighted by Gasteiger charge is -2.32. The molecule has 1 amide bonds. The number of hydrogen-bond acceptors (Lipinski definition) is 4. The SMILES string of the molecule is CC1CCN(c2ccc(NC(=S)NC(=O)c3ccc(OCc4ccccc4)cc3)cc2Cl)CC1. The van der Waals surface area contributed by atoms with Crippen LogP contribution in [0.5, 0.6) is 5.75 Å². The van der Waals surface area contributed by atoms with Crippen LogP contribution < -0.4 is 20.3 Å². The molecule has 34 heavy (non-hydrogen) atoms. The fraction of sp³-hybridized carbons (Fsp3) is 0.259. The van der Waals surface area contributed by atoms with Gasteiger partial charge in [0.2, 0.25) is 0 Å². The maximum atomic E-state index is 12.6. The first kappa shape index (κ1) is 24.0. The van der Waals surface area contributed by atoms with Crippen molar-refractivity contribution in [1.29, 1.82) is 0 Å². The first-order valence-electron chi connectivity index (χ1n) is 11.4. The van der Waals surface area contributed by atoms with Gasteiger partial charge in [-0.3, -0.25) is 10.1 Å². The second-order valence-corrected chi connectivity index (χ2v) is 9.36. The molecule has 1 aliphatic rings. The molecule has 0 saturated carbocycles. The molecule has 3 aromatic rings. The molecule has 1 aliphatic heterocycles. The number of carbonyl (C=O) groups excluding carboxylic acids is 1. The molecule has 2 N–H and O–H groups in total. The summed E-state index contributed by atoms with van der Waals surface area (Å²) in [6.45, 7) is 4.78. The highest BCUT2D eigenvalue weighted by Crippen LogP contribution is 2.31. The molecular formula is C27H28ClN3O2S. The number of nitrogens with zero attached hydrogens (tertiary/aromatic N) is 1. The summed E-state index contributed by atoms with van der Waals surface area (Å²) in [6.07, 6.45) is 2.35. The van der Waals surface area contributed by atoms with Gasteiger partial charge in [0.25, 0.3) is 5.91 Å². The van der Waals surface area contributed by atoms with Crippen molar-refractivity contribution < 1.29 is 9.53 Å². The maximum Gasteiger partial charge on any atom is 0.257 e. The minimum atomic E-state index is -0.294. The van der Waals surface area contributed by atoms with Gasteiger partial charge >= 0.3 is 0 Å². The third-order valence-corrected chi connectivity index (χ3v) is 6.43. The molecule has 3 aromatic carbocycles. The zero-order valence-corrected chi connectivity index (χ0v) is 20.7. The molecule has 1 saturated heterocycles. The van der Waals surface area contributed by atoms with E-state index in [0.717, 1.165) is 35.9 Å². The summed E-state index contributed by atoms with van der Waals surface area (Å²) in [5.41, 5.74) is 3.33. The number of rotatable bonds is 6. The molecule has 0 unspecified atom stereocenters. The van der Waals surface area contributed by atoms with Gasteiger partial charge in [-0.1, -0.05) is 48.9 Å². The summed E-state index contributed by atoms with van der Waals surface area (Å²) < 4.78 is 5.77. The molecule has 5 nitrogen and oxygen atoms in total. The van der Waals surface area contributed by atoms with Crippen LogP contribution in [0.1, 0.15) is 35.7 Å². The molecule has 1 fully saturated rings. The van der Waals surface area contributed by atoms with Crippen LogP contribution in [-0.2, 0) is 6.61 Å². The Morgan fingerprint density at radius 2 is 1.76 bits per heavy atom. The molecule has 176 valence electrons. The Morgan fingerprint density at radius 3 is 2.44 bits per heavy atom. The van der Waals surface area contributed by atoms with Crippen molar-refractivity contribution in [3.05, 3.63) is 88.9 Å². The number of amides is 1. The van der Waals surface area contributed by atoms with E-state index < -0.39 is 0 Å². The molecule has 1 heterocycles. The van der Waals surface area contributed by atoms with Gasteiger partial charge in [0.1, 0.15) is 12.4 Å². The number of carbonyl (C=O) groups is 1. The Labute approximate surface area is 211 Å². The highest BCUT2D eigenvalue weighted by molar-refractivity contribution is 7.80. The molecular weight excluding hydrogens is 466 g/mol. The van der Waals surface area contributed by atoms with E-state index in [9.17, 15) is 4.79 Å². The highest BCUT2D eigenvalue weighted by atomic mass is 35.5. The number of hydrogen-bond donors (Lipinski definition) is 2. The quantitative estimate of drug-likeness (QED) is 0.396. The average molecular weight is 494 g/mol. The average Bonchev–Trinajstić information content (AvgIpc) is 2.84.